The van der Waals surface area contributed by atoms with Gasteiger partial charge in [0.1, 0.15) is 0 Å². The van der Waals surface area contributed by atoms with Crippen LogP contribution in [0.25, 0.3) is 0 Å². The number of halogens is 1. The van der Waals surface area contributed by atoms with Gasteiger partial charge in [-0.1, -0.05) is 42.5 Å². The number of fused-ring (bicyclic) bond motifs is 2. The Bertz CT molecular complexity index is 1250. The maximum absolute atomic E-state index is 13.3. The molecule has 7 nitrogen and oxygen atoms in total. The van der Waals surface area contributed by atoms with Gasteiger partial charge in [0.05, 0.1) is 16.2 Å². The first-order valence-electron chi connectivity index (χ1n) is 9.37. The first-order chi connectivity index (χ1) is 14.9. The molecule has 8 heteroatoms. The van der Waals surface area contributed by atoms with Crippen LogP contribution in [-0.2, 0) is 0 Å². The van der Waals surface area contributed by atoms with E-state index in [1.54, 1.807) is 42.5 Å². The van der Waals surface area contributed by atoms with Gasteiger partial charge in [-0.2, -0.15) is 0 Å². The van der Waals surface area contributed by atoms with Crippen molar-refractivity contribution in [3.63, 3.8) is 0 Å². The number of rotatable bonds is 5. The fourth-order valence-electron chi connectivity index (χ4n) is 3.68. The van der Waals surface area contributed by atoms with Crippen molar-refractivity contribution in [3.8, 4) is 0 Å². The van der Waals surface area contributed by atoms with Crippen LogP contribution in [0, 0.1) is 10.1 Å². The van der Waals surface area contributed by atoms with Crippen molar-refractivity contribution in [1.29, 1.82) is 0 Å². The second kappa shape index (κ2) is 8.12. The summed E-state index contributed by atoms with van der Waals surface area (Å²) < 4.78 is 0. The highest BCUT2D eigenvalue weighted by atomic mass is 35.5. The zero-order valence-corrected chi connectivity index (χ0v) is 16.8. The molecule has 3 aromatic carbocycles. The summed E-state index contributed by atoms with van der Waals surface area (Å²) in [5.41, 5.74) is 0.983. The predicted molar refractivity (Wildman–Crippen MR) is 115 cm³/mol. The van der Waals surface area contributed by atoms with Gasteiger partial charge in [0.2, 0.25) is 0 Å². The molecule has 0 aliphatic heterocycles. The number of anilines is 1. The standard InChI is InChI=1S/C23H15ClN2O5/c24-11-12-25(23(29)14-5-3-6-15(13-14)26(30)31)19-10-4-9-18-20(19)22(28)17-8-2-1-7-16(17)21(18)27/h1-10,13H,11-12H2. The number of nitrogens with zero attached hydrogens (tertiary/aromatic N) is 2. The smallest absolute Gasteiger partial charge is 0.270 e. The SMILES string of the molecule is O=C1c2ccccc2C(=O)c2c1cccc2N(CCCl)C(=O)c1cccc([N+](=O)[O-])c1. The van der Waals surface area contributed by atoms with E-state index in [2.05, 4.69) is 0 Å². The lowest BCUT2D eigenvalue weighted by Gasteiger charge is -2.27. The lowest BCUT2D eigenvalue weighted by molar-refractivity contribution is -0.384. The van der Waals surface area contributed by atoms with Gasteiger partial charge in [-0.15, -0.1) is 11.6 Å². The molecule has 0 spiro atoms. The molecule has 0 atom stereocenters. The molecule has 1 aliphatic rings. The van der Waals surface area contributed by atoms with Crippen molar-refractivity contribution < 1.29 is 19.3 Å². The largest absolute Gasteiger partial charge is 0.306 e. The maximum Gasteiger partial charge on any atom is 0.270 e. The Morgan fingerprint density at radius 3 is 2.23 bits per heavy atom. The van der Waals surface area contributed by atoms with Gasteiger partial charge in [0, 0.05) is 46.8 Å². The summed E-state index contributed by atoms with van der Waals surface area (Å²) >= 11 is 5.93. The van der Waals surface area contributed by atoms with Crippen LogP contribution in [-0.4, -0.2) is 34.8 Å². The van der Waals surface area contributed by atoms with Gasteiger partial charge in [-0.25, -0.2) is 0 Å². The highest BCUT2D eigenvalue weighted by molar-refractivity contribution is 6.31. The van der Waals surface area contributed by atoms with Crippen LogP contribution in [0.2, 0.25) is 0 Å². The molecule has 4 rings (SSSR count). The summed E-state index contributed by atoms with van der Waals surface area (Å²) in [6.07, 6.45) is 0. The van der Waals surface area contributed by atoms with E-state index in [9.17, 15) is 24.5 Å². The molecular formula is C23H15ClN2O5. The Hall–Kier alpha value is -3.84. The fourth-order valence-corrected chi connectivity index (χ4v) is 3.85. The molecule has 154 valence electrons. The van der Waals surface area contributed by atoms with Crippen molar-refractivity contribution >= 4 is 40.4 Å². The summed E-state index contributed by atoms with van der Waals surface area (Å²) in [5, 5.41) is 11.1. The van der Waals surface area contributed by atoms with Gasteiger partial charge >= 0.3 is 0 Å². The quantitative estimate of drug-likeness (QED) is 0.265. The number of non-ortho nitro benzene ring substituents is 1. The van der Waals surface area contributed by atoms with E-state index >= 15 is 0 Å². The zero-order chi connectivity index (χ0) is 22.1. The molecule has 0 aromatic heterocycles. The van der Waals surface area contributed by atoms with Crippen LogP contribution < -0.4 is 4.90 Å². The molecule has 0 N–H and O–H groups in total. The molecule has 0 bridgehead atoms. The Labute approximate surface area is 182 Å². The van der Waals surface area contributed by atoms with Crippen molar-refractivity contribution in [2.45, 2.75) is 0 Å². The molecule has 1 aliphatic carbocycles. The first kappa shape index (κ1) is 20.4. The molecule has 0 heterocycles. The topological polar surface area (TPSA) is 97.6 Å². The van der Waals surface area contributed by atoms with Crippen molar-refractivity contribution in [3.05, 3.63) is 105 Å². The molecule has 0 saturated carbocycles. The van der Waals surface area contributed by atoms with E-state index in [-0.39, 0.29) is 57.6 Å². The van der Waals surface area contributed by atoms with E-state index < -0.39 is 10.8 Å². The minimum absolute atomic E-state index is 0.0443. The Morgan fingerprint density at radius 2 is 1.55 bits per heavy atom. The third-order valence-corrected chi connectivity index (χ3v) is 5.25. The number of ketones is 2. The highest BCUT2D eigenvalue weighted by Gasteiger charge is 2.34. The zero-order valence-electron chi connectivity index (χ0n) is 16.1. The number of amides is 1. The number of benzene rings is 3. The third kappa shape index (κ3) is 3.49. The summed E-state index contributed by atoms with van der Waals surface area (Å²) in [5.74, 6) is -1.17. The van der Waals surface area contributed by atoms with Gasteiger partial charge in [0.15, 0.2) is 11.6 Å². The Morgan fingerprint density at radius 1 is 0.903 bits per heavy atom. The van der Waals surface area contributed by atoms with E-state index in [1.807, 2.05) is 0 Å². The molecule has 1 amide bonds. The van der Waals surface area contributed by atoms with E-state index in [0.29, 0.717) is 5.56 Å². The number of nitro benzene ring substituents is 1. The lowest BCUT2D eigenvalue weighted by Crippen LogP contribution is -2.35. The second-order valence-electron chi connectivity index (χ2n) is 6.86. The normalized spacial score (nSPS) is 12.2. The molecule has 31 heavy (non-hydrogen) atoms. The fraction of sp³-hybridized carbons (Fsp3) is 0.0870. The van der Waals surface area contributed by atoms with Gasteiger partial charge < -0.3 is 4.90 Å². The average Bonchev–Trinajstić information content (AvgIpc) is 2.80. The van der Waals surface area contributed by atoms with Crippen LogP contribution >= 0.6 is 11.6 Å². The van der Waals surface area contributed by atoms with Crippen LogP contribution in [0.1, 0.15) is 42.2 Å². The van der Waals surface area contributed by atoms with Crippen LogP contribution in [0.4, 0.5) is 11.4 Å². The summed E-state index contributed by atoms with van der Waals surface area (Å²) in [6.45, 7) is 0.0443. The van der Waals surface area contributed by atoms with Crippen LogP contribution in [0.15, 0.2) is 66.7 Å². The predicted octanol–water partition coefficient (Wildman–Crippen LogP) is 4.26. The Kier molecular flexibility index (Phi) is 5.35. The van der Waals surface area contributed by atoms with Crippen LogP contribution in [0.3, 0.4) is 0 Å². The number of alkyl halides is 1. The summed E-state index contributed by atoms with van der Waals surface area (Å²) in [6, 6.07) is 16.5. The van der Waals surface area contributed by atoms with Gasteiger partial charge in [0.25, 0.3) is 11.6 Å². The third-order valence-electron chi connectivity index (χ3n) is 5.08. The average molecular weight is 435 g/mol. The minimum Gasteiger partial charge on any atom is -0.306 e. The van der Waals surface area contributed by atoms with Crippen molar-refractivity contribution in [1.82, 2.24) is 0 Å². The number of nitro groups is 1. The van der Waals surface area contributed by atoms with Crippen molar-refractivity contribution in [2.24, 2.45) is 0 Å². The first-order valence-corrected chi connectivity index (χ1v) is 9.91. The molecule has 3 aromatic rings. The van der Waals surface area contributed by atoms with E-state index in [1.165, 1.54) is 29.2 Å². The number of hydrogen-bond acceptors (Lipinski definition) is 5. The van der Waals surface area contributed by atoms with Gasteiger partial charge in [-0.05, 0) is 12.1 Å². The summed E-state index contributed by atoms with van der Waals surface area (Å²) in [7, 11) is 0. The molecule has 0 radical (unpaired) electrons. The van der Waals surface area contributed by atoms with E-state index in [4.69, 9.17) is 11.6 Å². The summed E-state index contributed by atoms with van der Waals surface area (Å²) in [4.78, 5) is 51.3. The molecule has 0 unspecified atom stereocenters. The Balaban J connectivity index is 1.85. The maximum atomic E-state index is 13.3. The minimum atomic E-state index is -0.591. The monoisotopic (exact) mass is 434 g/mol. The van der Waals surface area contributed by atoms with Crippen molar-refractivity contribution in [2.75, 3.05) is 17.3 Å². The second-order valence-corrected chi connectivity index (χ2v) is 7.23. The molecular weight excluding hydrogens is 420 g/mol. The molecule has 0 saturated heterocycles. The van der Waals surface area contributed by atoms with Crippen LogP contribution in [0.5, 0.6) is 0 Å². The lowest BCUT2D eigenvalue weighted by atomic mass is 9.83. The number of carbonyl (C=O) groups excluding carboxylic acids is 3. The van der Waals surface area contributed by atoms with E-state index in [0.717, 1.165) is 0 Å². The number of carbonyl (C=O) groups is 3. The highest BCUT2D eigenvalue weighted by Crippen LogP contribution is 2.34. The molecule has 0 fully saturated rings. The number of hydrogen-bond donors (Lipinski definition) is 0. The van der Waals surface area contributed by atoms with Gasteiger partial charge in [-0.3, -0.25) is 24.5 Å².